The summed E-state index contributed by atoms with van der Waals surface area (Å²) in [6.45, 7) is 2.64. The van der Waals surface area contributed by atoms with Gasteiger partial charge in [-0.2, -0.15) is 0 Å². The van der Waals surface area contributed by atoms with Crippen LogP contribution in [0.25, 0.3) is 0 Å². The molecule has 5 N–H and O–H groups in total. The van der Waals surface area contributed by atoms with Crippen molar-refractivity contribution in [2.75, 3.05) is 26.3 Å². The summed E-state index contributed by atoms with van der Waals surface area (Å²) >= 11 is 0. The molecule has 0 radical (unpaired) electrons. The number of rotatable bonds is 7. The number of nitrogens with one attached hydrogen (secondary N) is 3. The zero-order valence-electron chi connectivity index (χ0n) is 15.9. The standard InChI is InChI=1S/C19H28N6O3/c20-18(21)15-4-3-13(10-23-15)11-24-19(27)16-2-1-7-25(16)17(26)12-22-14-5-8-28-9-6-14/h3-4,10,14,16,22H,1-2,5-9,11-12H2,(H3,20,21)(H,24,27)/t16-/m0/s1. The van der Waals surface area contributed by atoms with Crippen LogP contribution in [0, 0.1) is 5.41 Å². The minimum absolute atomic E-state index is 0.0309. The van der Waals surface area contributed by atoms with Crippen molar-refractivity contribution < 1.29 is 14.3 Å². The fraction of sp³-hybridized carbons (Fsp3) is 0.579. The molecule has 0 aliphatic carbocycles. The van der Waals surface area contributed by atoms with E-state index in [-0.39, 0.29) is 24.2 Å². The number of aromatic nitrogens is 1. The van der Waals surface area contributed by atoms with Crippen molar-refractivity contribution in [1.29, 1.82) is 5.41 Å². The van der Waals surface area contributed by atoms with E-state index >= 15 is 0 Å². The van der Waals surface area contributed by atoms with Gasteiger partial charge in [0.1, 0.15) is 17.6 Å². The van der Waals surface area contributed by atoms with E-state index < -0.39 is 6.04 Å². The second-order valence-corrected chi connectivity index (χ2v) is 7.20. The van der Waals surface area contributed by atoms with Crippen molar-refractivity contribution in [1.82, 2.24) is 20.5 Å². The van der Waals surface area contributed by atoms with E-state index in [1.165, 1.54) is 0 Å². The van der Waals surface area contributed by atoms with Crippen molar-refractivity contribution >= 4 is 17.6 Å². The van der Waals surface area contributed by atoms with Crippen LogP contribution >= 0.6 is 0 Å². The quantitative estimate of drug-likeness (QED) is 0.376. The lowest BCUT2D eigenvalue weighted by atomic mass is 10.1. The average Bonchev–Trinajstić information content (AvgIpc) is 3.21. The van der Waals surface area contributed by atoms with E-state index in [4.69, 9.17) is 15.9 Å². The third kappa shape index (κ3) is 5.26. The number of nitrogens with zero attached hydrogens (tertiary/aromatic N) is 2. The molecule has 1 aromatic rings. The smallest absolute Gasteiger partial charge is 0.243 e. The van der Waals surface area contributed by atoms with E-state index in [0.717, 1.165) is 38.0 Å². The molecule has 2 amide bonds. The number of nitrogens with two attached hydrogens (primary N) is 1. The third-order valence-electron chi connectivity index (χ3n) is 5.21. The Morgan fingerprint density at radius 1 is 1.29 bits per heavy atom. The zero-order chi connectivity index (χ0) is 19.9. The van der Waals surface area contributed by atoms with Crippen LogP contribution in [0.3, 0.4) is 0 Å². The first kappa shape index (κ1) is 20.2. The van der Waals surface area contributed by atoms with Crippen molar-refractivity contribution in [3.8, 4) is 0 Å². The van der Waals surface area contributed by atoms with Crippen LogP contribution in [0.15, 0.2) is 18.3 Å². The van der Waals surface area contributed by atoms with Gasteiger partial charge in [0.15, 0.2) is 0 Å². The molecule has 9 heteroatoms. The minimum Gasteiger partial charge on any atom is -0.382 e. The monoisotopic (exact) mass is 388 g/mol. The van der Waals surface area contributed by atoms with Crippen molar-refractivity contribution in [3.05, 3.63) is 29.6 Å². The molecule has 0 bridgehead atoms. The lowest BCUT2D eigenvalue weighted by molar-refractivity contribution is -0.138. The van der Waals surface area contributed by atoms with Crippen molar-refractivity contribution in [2.24, 2.45) is 5.73 Å². The summed E-state index contributed by atoms with van der Waals surface area (Å²) < 4.78 is 5.33. The molecule has 0 unspecified atom stereocenters. The van der Waals surface area contributed by atoms with Gasteiger partial charge in [-0.05, 0) is 37.3 Å². The van der Waals surface area contributed by atoms with Gasteiger partial charge in [0, 0.05) is 38.5 Å². The number of hydrogen-bond donors (Lipinski definition) is 4. The maximum absolute atomic E-state index is 12.6. The summed E-state index contributed by atoms with van der Waals surface area (Å²) in [6.07, 6.45) is 4.92. The van der Waals surface area contributed by atoms with Gasteiger partial charge in [-0.3, -0.25) is 20.0 Å². The Kier molecular flexibility index (Phi) is 6.94. The Labute approximate surface area is 164 Å². The Morgan fingerprint density at radius 3 is 2.75 bits per heavy atom. The molecule has 2 aliphatic heterocycles. The SMILES string of the molecule is N=C(N)c1ccc(CNC(=O)[C@@H]2CCCN2C(=O)CNC2CCOCC2)cn1. The molecule has 1 aromatic heterocycles. The van der Waals surface area contributed by atoms with Gasteiger partial charge in [0.2, 0.25) is 11.8 Å². The molecule has 28 heavy (non-hydrogen) atoms. The van der Waals surface area contributed by atoms with Crippen molar-refractivity contribution in [2.45, 2.75) is 44.3 Å². The van der Waals surface area contributed by atoms with Gasteiger partial charge in [-0.1, -0.05) is 6.07 Å². The van der Waals surface area contributed by atoms with Crippen LogP contribution in [0.4, 0.5) is 0 Å². The average molecular weight is 388 g/mol. The first-order valence-corrected chi connectivity index (χ1v) is 9.72. The Balaban J connectivity index is 1.47. The molecule has 2 aliphatic rings. The molecule has 2 fully saturated rings. The van der Waals surface area contributed by atoms with Gasteiger partial charge in [-0.15, -0.1) is 0 Å². The number of hydrogen-bond acceptors (Lipinski definition) is 6. The Morgan fingerprint density at radius 2 is 2.07 bits per heavy atom. The second kappa shape index (κ2) is 9.61. The summed E-state index contributed by atoms with van der Waals surface area (Å²) in [6, 6.07) is 3.31. The number of likely N-dealkylation sites (tertiary alicyclic amines) is 1. The number of carbonyl (C=O) groups excluding carboxylic acids is 2. The lowest BCUT2D eigenvalue weighted by Gasteiger charge is -2.27. The highest BCUT2D eigenvalue weighted by molar-refractivity contribution is 5.93. The summed E-state index contributed by atoms with van der Waals surface area (Å²) in [5, 5.41) is 13.5. The van der Waals surface area contributed by atoms with Gasteiger partial charge < -0.3 is 26.0 Å². The number of pyridine rings is 1. The molecule has 0 aromatic carbocycles. The van der Waals surface area contributed by atoms with Gasteiger partial charge in [0.05, 0.1) is 6.54 Å². The highest BCUT2D eigenvalue weighted by Gasteiger charge is 2.33. The van der Waals surface area contributed by atoms with E-state index in [0.29, 0.717) is 31.2 Å². The van der Waals surface area contributed by atoms with Gasteiger partial charge in [-0.25, -0.2) is 0 Å². The van der Waals surface area contributed by atoms with Crippen LogP contribution in [-0.4, -0.2) is 65.9 Å². The van der Waals surface area contributed by atoms with Crippen LogP contribution in [0.2, 0.25) is 0 Å². The number of amides is 2. The van der Waals surface area contributed by atoms with Crippen LogP contribution in [0.5, 0.6) is 0 Å². The third-order valence-corrected chi connectivity index (χ3v) is 5.21. The number of nitrogen functional groups attached to an aromatic ring is 1. The summed E-state index contributed by atoms with van der Waals surface area (Å²) in [5.74, 6) is -0.269. The van der Waals surface area contributed by atoms with Crippen LogP contribution < -0.4 is 16.4 Å². The number of ether oxygens (including phenoxy) is 1. The number of amidine groups is 1. The molecular weight excluding hydrogens is 360 g/mol. The predicted molar refractivity (Wildman–Crippen MR) is 104 cm³/mol. The summed E-state index contributed by atoms with van der Waals surface area (Å²) in [4.78, 5) is 30.9. The molecule has 1 atom stereocenters. The van der Waals surface area contributed by atoms with Gasteiger partial charge in [0.25, 0.3) is 0 Å². The number of carbonyl (C=O) groups is 2. The van der Waals surface area contributed by atoms with E-state index in [9.17, 15) is 9.59 Å². The Bertz CT molecular complexity index is 702. The van der Waals surface area contributed by atoms with Gasteiger partial charge >= 0.3 is 0 Å². The molecular formula is C19H28N6O3. The highest BCUT2D eigenvalue weighted by Crippen LogP contribution is 2.18. The lowest BCUT2D eigenvalue weighted by Crippen LogP contribution is -2.49. The first-order chi connectivity index (χ1) is 13.5. The van der Waals surface area contributed by atoms with E-state index in [1.807, 2.05) is 0 Å². The zero-order valence-corrected chi connectivity index (χ0v) is 15.9. The van der Waals surface area contributed by atoms with E-state index in [2.05, 4.69) is 15.6 Å². The molecule has 0 spiro atoms. The van der Waals surface area contributed by atoms with Crippen LogP contribution in [-0.2, 0) is 20.9 Å². The fourth-order valence-electron chi connectivity index (χ4n) is 3.57. The normalized spacial score (nSPS) is 20.1. The highest BCUT2D eigenvalue weighted by atomic mass is 16.5. The largest absolute Gasteiger partial charge is 0.382 e. The molecule has 3 heterocycles. The molecule has 3 rings (SSSR count). The maximum atomic E-state index is 12.6. The maximum Gasteiger partial charge on any atom is 0.243 e. The summed E-state index contributed by atoms with van der Waals surface area (Å²) in [7, 11) is 0. The molecule has 0 saturated carbocycles. The first-order valence-electron chi connectivity index (χ1n) is 9.72. The minimum atomic E-state index is -0.423. The second-order valence-electron chi connectivity index (χ2n) is 7.20. The van der Waals surface area contributed by atoms with Crippen LogP contribution in [0.1, 0.15) is 36.9 Å². The predicted octanol–water partition coefficient (Wildman–Crippen LogP) is -0.259. The molecule has 152 valence electrons. The topological polar surface area (TPSA) is 133 Å². The molecule has 9 nitrogen and oxygen atoms in total. The fourth-order valence-corrected chi connectivity index (χ4v) is 3.57. The Hall–Kier alpha value is -2.52. The molecule has 2 saturated heterocycles. The van der Waals surface area contributed by atoms with E-state index in [1.54, 1.807) is 23.2 Å². The summed E-state index contributed by atoms with van der Waals surface area (Å²) in [5.41, 5.74) is 6.60. The van der Waals surface area contributed by atoms with Crippen molar-refractivity contribution in [3.63, 3.8) is 0 Å².